The van der Waals surface area contributed by atoms with Crippen LogP contribution in [0.3, 0.4) is 0 Å². The summed E-state index contributed by atoms with van der Waals surface area (Å²) in [5, 5.41) is 6.24. The summed E-state index contributed by atoms with van der Waals surface area (Å²) in [5.74, 6) is 0.671. The van der Waals surface area contributed by atoms with Crippen LogP contribution < -0.4 is 15.4 Å². The predicted octanol–water partition coefficient (Wildman–Crippen LogP) is 5.32. The summed E-state index contributed by atoms with van der Waals surface area (Å²) in [6, 6.07) is 16.3. The van der Waals surface area contributed by atoms with Gasteiger partial charge in [0.2, 0.25) is 11.8 Å². The smallest absolute Gasteiger partial charge is 0.222 e. The van der Waals surface area contributed by atoms with Crippen LogP contribution in [0.1, 0.15) is 11.3 Å². The van der Waals surface area contributed by atoms with Gasteiger partial charge in [-0.25, -0.2) is 23.7 Å². The molecule has 0 aliphatic carbocycles. The van der Waals surface area contributed by atoms with Crippen molar-refractivity contribution >= 4 is 17.3 Å². The topological polar surface area (TPSA) is 72.0 Å². The number of nitrogens with one attached hydrogen (secondary N) is 2. The van der Waals surface area contributed by atoms with Crippen LogP contribution in [0.25, 0.3) is 0 Å². The quantitative estimate of drug-likeness (QED) is 0.423. The van der Waals surface area contributed by atoms with Gasteiger partial charge < -0.3 is 15.4 Å². The summed E-state index contributed by atoms with van der Waals surface area (Å²) >= 11 is 0. The van der Waals surface area contributed by atoms with E-state index in [-0.39, 0.29) is 5.82 Å². The number of aromatic nitrogens is 3. The maximum absolute atomic E-state index is 13.2. The zero-order valence-electron chi connectivity index (χ0n) is 16.6. The van der Waals surface area contributed by atoms with Gasteiger partial charge in [0.25, 0.3) is 0 Å². The van der Waals surface area contributed by atoms with E-state index >= 15 is 0 Å². The summed E-state index contributed by atoms with van der Waals surface area (Å²) in [4.78, 5) is 12.7. The first-order valence-corrected chi connectivity index (χ1v) is 9.53. The second-order valence-corrected chi connectivity index (χ2v) is 6.67. The van der Waals surface area contributed by atoms with E-state index < -0.39 is 5.82 Å². The van der Waals surface area contributed by atoms with Crippen molar-refractivity contribution in [1.29, 1.82) is 0 Å². The Balaban J connectivity index is 1.51. The molecule has 0 atom stereocenters. The van der Waals surface area contributed by atoms with Crippen molar-refractivity contribution in [1.82, 2.24) is 15.0 Å². The van der Waals surface area contributed by atoms with Crippen molar-refractivity contribution < 1.29 is 13.5 Å². The first-order chi connectivity index (χ1) is 15.1. The number of benzene rings is 2. The minimum Gasteiger partial charge on any atom is -0.439 e. The molecule has 4 rings (SSSR count). The minimum atomic E-state index is -0.421. The van der Waals surface area contributed by atoms with Gasteiger partial charge in [-0.3, -0.25) is 0 Å². The average Bonchev–Trinajstić information content (AvgIpc) is 2.79. The highest BCUT2D eigenvalue weighted by molar-refractivity contribution is 5.63. The van der Waals surface area contributed by atoms with E-state index in [4.69, 9.17) is 4.74 Å². The molecule has 0 saturated carbocycles. The Kier molecular flexibility index (Phi) is 5.98. The normalized spacial score (nSPS) is 10.5. The SMILES string of the molecule is CNc1ncc(Nc2ccc(Oc3ccc(F)cn3)cc2)c(Cc2ccc(F)cc2)n1. The molecule has 0 unspecified atom stereocenters. The van der Waals surface area contributed by atoms with Gasteiger partial charge >= 0.3 is 0 Å². The number of nitrogens with zero attached hydrogens (tertiary/aromatic N) is 3. The average molecular weight is 419 g/mol. The van der Waals surface area contributed by atoms with Crippen LogP contribution in [0.4, 0.5) is 26.1 Å². The molecule has 156 valence electrons. The van der Waals surface area contributed by atoms with Crippen molar-refractivity contribution in [2.24, 2.45) is 0 Å². The van der Waals surface area contributed by atoms with Gasteiger partial charge in [0.1, 0.15) is 17.4 Å². The molecule has 0 bridgehead atoms. The molecule has 4 aromatic rings. The highest BCUT2D eigenvalue weighted by Crippen LogP contribution is 2.26. The van der Waals surface area contributed by atoms with Gasteiger partial charge in [-0.05, 0) is 48.0 Å². The highest BCUT2D eigenvalue weighted by atomic mass is 19.1. The third-order valence-corrected chi connectivity index (χ3v) is 4.43. The van der Waals surface area contributed by atoms with Crippen LogP contribution in [-0.2, 0) is 6.42 Å². The Labute approximate surface area is 178 Å². The zero-order chi connectivity index (χ0) is 21.6. The zero-order valence-corrected chi connectivity index (χ0v) is 16.6. The monoisotopic (exact) mass is 419 g/mol. The van der Waals surface area contributed by atoms with Crippen LogP contribution in [0.5, 0.6) is 11.6 Å². The second-order valence-electron chi connectivity index (χ2n) is 6.67. The summed E-state index contributed by atoms with van der Waals surface area (Å²) in [6.45, 7) is 0. The molecule has 0 radical (unpaired) electrons. The lowest BCUT2D eigenvalue weighted by atomic mass is 10.1. The maximum atomic E-state index is 13.2. The predicted molar refractivity (Wildman–Crippen MR) is 115 cm³/mol. The Morgan fingerprint density at radius 1 is 0.839 bits per heavy atom. The van der Waals surface area contributed by atoms with Crippen molar-refractivity contribution in [2.45, 2.75) is 6.42 Å². The van der Waals surface area contributed by atoms with E-state index in [1.165, 1.54) is 24.3 Å². The molecule has 2 N–H and O–H groups in total. The number of halogens is 2. The van der Waals surface area contributed by atoms with Gasteiger partial charge in [-0.1, -0.05) is 12.1 Å². The number of hydrogen-bond acceptors (Lipinski definition) is 6. The van der Waals surface area contributed by atoms with E-state index in [1.54, 1.807) is 37.5 Å². The molecule has 0 fully saturated rings. The molecule has 0 aliphatic heterocycles. The maximum Gasteiger partial charge on any atom is 0.222 e. The molecule has 2 heterocycles. The third kappa shape index (κ3) is 5.30. The van der Waals surface area contributed by atoms with Gasteiger partial charge in [0.15, 0.2) is 0 Å². The number of pyridine rings is 1. The second kappa shape index (κ2) is 9.17. The van der Waals surface area contributed by atoms with Crippen LogP contribution in [0.15, 0.2) is 73.1 Å². The highest BCUT2D eigenvalue weighted by Gasteiger charge is 2.09. The molecule has 0 aliphatic rings. The molecule has 0 amide bonds. The lowest BCUT2D eigenvalue weighted by Gasteiger charge is -2.13. The first kappa shape index (κ1) is 20.2. The fraction of sp³-hybridized carbons (Fsp3) is 0.0870. The third-order valence-electron chi connectivity index (χ3n) is 4.43. The summed E-state index contributed by atoms with van der Waals surface area (Å²) in [7, 11) is 1.75. The standard InChI is InChI=1S/C23H19F2N5O/c1-26-23-28-14-21(20(30-23)12-15-2-4-16(24)5-3-15)29-18-7-9-19(10-8-18)31-22-11-6-17(25)13-27-22/h2-11,13-14,29H,12H2,1H3,(H,26,28,30). The molecule has 31 heavy (non-hydrogen) atoms. The number of hydrogen-bond donors (Lipinski definition) is 2. The Bertz CT molecular complexity index is 1150. The van der Waals surface area contributed by atoms with Crippen LogP contribution in [-0.4, -0.2) is 22.0 Å². The fourth-order valence-electron chi connectivity index (χ4n) is 2.88. The first-order valence-electron chi connectivity index (χ1n) is 9.53. The molecule has 2 aromatic carbocycles. The molecule has 0 spiro atoms. The molecule has 2 aromatic heterocycles. The summed E-state index contributed by atoms with van der Waals surface area (Å²) in [5.41, 5.74) is 3.24. The molecule has 0 saturated heterocycles. The van der Waals surface area contributed by atoms with E-state index in [0.717, 1.165) is 28.8 Å². The molecule has 8 heteroatoms. The lowest BCUT2D eigenvalue weighted by molar-refractivity contribution is 0.459. The van der Waals surface area contributed by atoms with Crippen molar-refractivity contribution in [3.8, 4) is 11.6 Å². The summed E-state index contributed by atoms with van der Waals surface area (Å²) in [6.07, 6.45) is 3.31. The van der Waals surface area contributed by atoms with Crippen LogP contribution >= 0.6 is 0 Å². The Hall–Kier alpha value is -4.07. The van der Waals surface area contributed by atoms with E-state index in [2.05, 4.69) is 25.6 Å². The van der Waals surface area contributed by atoms with Gasteiger partial charge in [0, 0.05) is 25.2 Å². The van der Waals surface area contributed by atoms with Gasteiger partial charge in [-0.15, -0.1) is 0 Å². The largest absolute Gasteiger partial charge is 0.439 e. The molecule has 6 nitrogen and oxygen atoms in total. The van der Waals surface area contributed by atoms with Crippen molar-refractivity contribution in [2.75, 3.05) is 17.7 Å². The number of rotatable bonds is 7. The Morgan fingerprint density at radius 2 is 1.58 bits per heavy atom. The van der Waals surface area contributed by atoms with Crippen LogP contribution in [0.2, 0.25) is 0 Å². The van der Waals surface area contributed by atoms with E-state index in [0.29, 0.717) is 24.0 Å². The number of anilines is 3. The lowest BCUT2D eigenvalue weighted by Crippen LogP contribution is -2.05. The molecular formula is C23H19F2N5O. The molecular weight excluding hydrogens is 400 g/mol. The fourth-order valence-corrected chi connectivity index (χ4v) is 2.88. The van der Waals surface area contributed by atoms with E-state index in [1.807, 2.05) is 12.1 Å². The van der Waals surface area contributed by atoms with Gasteiger partial charge in [0.05, 0.1) is 23.8 Å². The van der Waals surface area contributed by atoms with Crippen LogP contribution in [0, 0.1) is 11.6 Å². The van der Waals surface area contributed by atoms with Crippen molar-refractivity contribution in [3.63, 3.8) is 0 Å². The van der Waals surface area contributed by atoms with Crippen molar-refractivity contribution in [3.05, 3.63) is 95.9 Å². The summed E-state index contributed by atoms with van der Waals surface area (Å²) < 4.78 is 31.8. The Morgan fingerprint density at radius 3 is 2.26 bits per heavy atom. The van der Waals surface area contributed by atoms with E-state index in [9.17, 15) is 8.78 Å². The number of ether oxygens (including phenoxy) is 1. The minimum absolute atomic E-state index is 0.279. The van der Waals surface area contributed by atoms with Gasteiger partial charge in [-0.2, -0.15) is 0 Å².